The first-order valence-corrected chi connectivity index (χ1v) is 9.36. The first-order valence-electron chi connectivity index (χ1n) is 7.34. The Labute approximate surface area is 155 Å². The van der Waals surface area contributed by atoms with Crippen LogP contribution in [0.1, 0.15) is 6.42 Å². The highest BCUT2D eigenvalue weighted by Gasteiger charge is 2.28. The number of nitrogens with one attached hydrogen (secondary N) is 3. The predicted molar refractivity (Wildman–Crippen MR) is 96.4 cm³/mol. The Balaban J connectivity index is 4.92. The van der Waals surface area contributed by atoms with Crippen molar-refractivity contribution in [3.05, 3.63) is 0 Å². The molecule has 0 aliphatic heterocycles. The maximum atomic E-state index is 12.3. The van der Waals surface area contributed by atoms with Gasteiger partial charge in [0, 0.05) is 5.75 Å². The number of carboxylic acid groups (broad SMARTS) is 1. The molecule has 144 valence electrons. The number of hydrogen-bond acceptors (Lipinski definition) is 8. The van der Waals surface area contributed by atoms with Crippen molar-refractivity contribution in [3.63, 3.8) is 0 Å². The van der Waals surface area contributed by atoms with Crippen molar-refractivity contribution in [1.29, 1.82) is 0 Å². The van der Waals surface area contributed by atoms with Gasteiger partial charge in [-0.2, -0.15) is 24.4 Å². The molecule has 10 nitrogen and oxygen atoms in total. The van der Waals surface area contributed by atoms with Crippen LogP contribution in [0.2, 0.25) is 0 Å². The standard InChI is InChI=1S/C13H24N4O6S2/c1-25-3-2-7(15-10(19)4-14)11(20)16-8(5-18)12(21)17-9(6-24)13(22)23/h7-9,18,24H,2-6,14H2,1H3,(H,15,19)(H,16,20)(H,17,21)(H,22,23). The van der Waals surface area contributed by atoms with Crippen LogP contribution in [0.4, 0.5) is 0 Å². The Hall–Kier alpha value is -1.50. The zero-order chi connectivity index (χ0) is 19.4. The van der Waals surface area contributed by atoms with Gasteiger partial charge in [0.25, 0.3) is 0 Å². The Kier molecular flexibility index (Phi) is 12.0. The summed E-state index contributed by atoms with van der Waals surface area (Å²) in [5.41, 5.74) is 5.21. The molecule has 12 heteroatoms. The number of carbonyl (C=O) groups excluding carboxylic acids is 3. The normalized spacial score (nSPS) is 14.1. The monoisotopic (exact) mass is 396 g/mol. The molecule has 3 unspecified atom stereocenters. The summed E-state index contributed by atoms with van der Waals surface area (Å²) < 4.78 is 0. The van der Waals surface area contributed by atoms with E-state index in [9.17, 15) is 24.3 Å². The fraction of sp³-hybridized carbons (Fsp3) is 0.692. The van der Waals surface area contributed by atoms with Crippen LogP contribution in [-0.2, 0) is 19.2 Å². The van der Waals surface area contributed by atoms with E-state index in [0.717, 1.165) is 0 Å². The van der Waals surface area contributed by atoms with Crippen LogP contribution in [0.5, 0.6) is 0 Å². The lowest BCUT2D eigenvalue weighted by molar-refractivity contribution is -0.141. The molecule has 0 spiro atoms. The third-order valence-electron chi connectivity index (χ3n) is 3.06. The van der Waals surface area contributed by atoms with Crippen LogP contribution < -0.4 is 21.7 Å². The van der Waals surface area contributed by atoms with Crippen molar-refractivity contribution >= 4 is 48.1 Å². The van der Waals surface area contributed by atoms with Gasteiger partial charge >= 0.3 is 5.97 Å². The van der Waals surface area contributed by atoms with Crippen LogP contribution in [0.3, 0.4) is 0 Å². The molecule has 0 rings (SSSR count). The smallest absolute Gasteiger partial charge is 0.327 e. The summed E-state index contributed by atoms with van der Waals surface area (Å²) in [7, 11) is 0. The van der Waals surface area contributed by atoms with Gasteiger partial charge in [0.05, 0.1) is 13.2 Å². The zero-order valence-corrected chi connectivity index (χ0v) is 15.4. The minimum Gasteiger partial charge on any atom is -0.480 e. The summed E-state index contributed by atoms with van der Waals surface area (Å²) >= 11 is 5.27. The summed E-state index contributed by atoms with van der Waals surface area (Å²) in [6.07, 6.45) is 2.13. The second kappa shape index (κ2) is 12.8. The average Bonchev–Trinajstić information content (AvgIpc) is 2.59. The van der Waals surface area contributed by atoms with Crippen molar-refractivity contribution < 1.29 is 29.4 Å². The van der Waals surface area contributed by atoms with Crippen molar-refractivity contribution in [3.8, 4) is 0 Å². The molecule has 7 N–H and O–H groups in total. The van der Waals surface area contributed by atoms with Gasteiger partial charge in [0.2, 0.25) is 17.7 Å². The number of carboxylic acids is 1. The Morgan fingerprint density at radius 1 is 1.08 bits per heavy atom. The van der Waals surface area contributed by atoms with Crippen LogP contribution in [0.15, 0.2) is 0 Å². The summed E-state index contributed by atoms with van der Waals surface area (Å²) in [4.78, 5) is 46.6. The molecule has 0 aliphatic carbocycles. The number of amides is 3. The first kappa shape index (κ1) is 23.5. The first-order chi connectivity index (χ1) is 11.8. The van der Waals surface area contributed by atoms with Gasteiger partial charge in [-0.1, -0.05) is 0 Å². The Bertz CT molecular complexity index is 479. The second-order valence-corrected chi connectivity index (χ2v) is 6.28. The van der Waals surface area contributed by atoms with E-state index >= 15 is 0 Å². The molecule has 0 saturated carbocycles. The number of thioether (sulfide) groups is 1. The lowest BCUT2D eigenvalue weighted by Crippen LogP contribution is -2.57. The second-order valence-electron chi connectivity index (χ2n) is 4.93. The number of rotatable bonds is 12. The zero-order valence-electron chi connectivity index (χ0n) is 13.7. The highest BCUT2D eigenvalue weighted by atomic mass is 32.2. The van der Waals surface area contributed by atoms with Crippen LogP contribution in [0, 0.1) is 0 Å². The SMILES string of the molecule is CSCCC(NC(=O)CN)C(=O)NC(CO)C(=O)NC(CS)C(=O)O. The molecular formula is C13H24N4O6S2. The molecule has 25 heavy (non-hydrogen) atoms. The van der Waals surface area contributed by atoms with E-state index in [1.165, 1.54) is 11.8 Å². The van der Waals surface area contributed by atoms with E-state index in [1.54, 1.807) is 0 Å². The average molecular weight is 396 g/mol. The largest absolute Gasteiger partial charge is 0.480 e. The molecule has 0 aromatic heterocycles. The number of nitrogens with two attached hydrogens (primary N) is 1. The van der Waals surface area contributed by atoms with Crippen LogP contribution >= 0.6 is 24.4 Å². The molecule has 0 radical (unpaired) electrons. The van der Waals surface area contributed by atoms with Gasteiger partial charge < -0.3 is 31.9 Å². The minimum atomic E-state index is -1.36. The van der Waals surface area contributed by atoms with E-state index < -0.39 is 48.4 Å². The topological polar surface area (TPSA) is 171 Å². The van der Waals surface area contributed by atoms with Crippen molar-refractivity contribution in [2.45, 2.75) is 24.5 Å². The van der Waals surface area contributed by atoms with E-state index in [-0.39, 0.29) is 12.3 Å². The molecule has 0 saturated heterocycles. The molecule has 0 aromatic rings. The van der Waals surface area contributed by atoms with Crippen LogP contribution in [0.25, 0.3) is 0 Å². The molecule has 0 bridgehead atoms. The van der Waals surface area contributed by atoms with Crippen molar-refractivity contribution in [1.82, 2.24) is 16.0 Å². The molecule has 0 fully saturated rings. The van der Waals surface area contributed by atoms with Crippen molar-refractivity contribution in [2.24, 2.45) is 5.73 Å². The Morgan fingerprint density at radius 2 is 1.64 bits per heavy atom. The quantitative estimate of drug-likeness (QED) is 0.173. The molecular weight excluding hydrogens is 372 g/mol. The molecule has 0 aromatic carbocycles. The third kappa shape index (κ3) is 8.95. The fourth-order valence-electron chi connectivity index (χ4n) is 1.68. The fourth-order valence-corrected chi connectivity index (χ4v) is 2.40. The van der Waals surface area contributed by atoms with Crippen LogP contribution in [-0.4, -0.2) is 82.9 Å². The maximum Gasteiger partial charge on any atom is 0.327 e. The van der Waals surface area contributed by atoms with E-state index in [1.807, 2.05) is 6.26 Å². The van der Waals surface area contributed by atoms with Gasteiger partial charge in [-0.25, -0.2) is 4.79 Å². The molecule has 0 heterocycles. The van der Waals surface area contributed by atoms with E-state index in [0.29, 0.717) is 12.2 Å². The maximum absolute atomic E-state index is 12.3. The number of aliphatic carboxylic acids is 1. The van der Waals surface area contributed by atoms with Gasteiger partial charge in [0.1, 0.15) is 18.1 Å². The summed E-state index contributed by atoms with van der Waals surface area (Å²) in [6.45, 7) is -1.04. The van der Waals surface area contributed by atoms with Gasteiger partial charge in [-0.3, -0.25) is 14.4 Å². The van der Waals surface area contributed by atoms with E-state index in [2.05, 4.69) is 28.6 Å². The number of aliphatic hydroxyl groups excluding tert-OH is 1. The highest BCUT2D eigenvalue weighted by Crippen LogP contribution is 2.02. The highest BCUT2D eigenvalue weighted by molar-refractivity contribution is 7.98. The van der Waals surface area contributed by atoms with Gasteiger partial charge in [-0.15, -0.1) is 0 Å². The van der Waals surface area contributed by atoms with Crippen molar-refractivity contribution in [2.75, 3.05) is 30.9 Å². The predicted octanol–water partition coefficient (Wildman–Crippen LogP) is -2.84. The number of aliphatic hydroxyl groups is 1. The lowest BCUT2D eigenvalue weighted by Gasteiger charge is -2.23. The number of carbonyl (C=O) groups is 4. The minimum absolute atomic E-state index is 0.157. The molecule has 0 aliphatic rings. The summed E-state index contributed by atoms with van der Waals surface area (Å²) in [5.74, 6) is -2.96. The summed E-state index contributed by atoms with van der Waals surface area (Å²) in [6, 6.07) is -3.54. The third-order valence-corrected chi connectivity index (χ3v) is 4.07. The van der Waals surface area contributed by atoms with Gasteiger partial charge in [0.15, 0.2) is 0 Å². The Morgan fingerprint density at radius 3 is 2.08 bits per heavy atom. The number of hydrogen-bond donors (Lipinski definition) is 7. The molecule has 3 amide bonds. The summed E-state index contributed by atoms with van der Waals surface area (Å²) in [5, 5.41) is 25.1. The molecule has 3 atom stereocenters. The van der Waals surface area contributed by atoms with E-state index in [4.69, 9.17) is 10.8 Å². The lowest BCUT2D eigenvalue weighted by atomic mass is 10.1. The number of thiol groups is 1. The van der Waals surface area contributed by atoms with Gasteiger partial charge in [-0.05, 0) is 18.4 Å².